The van der Waals surface area contributed by atoms with Crippen molar-refractivity contribution < 1.29 is 23.9 Å². The Hall–Kier alpha value is -3.22. The molecule has 1 aliphatic heterocycles. The van der Waals surface area contributed by atoms with Crippen LogP contribution in [0.5, 0.6) is 0 Å². The third-order valence-corrected chi connectivity index (χ3v) is 5.81. The minimum absolute atomic E-state index is 0.0460. The second-order valence-electron chi connectivity index (χ2n) is 8.05. The largest absolute Gasteiger partial charge is 0.454 e. The molecular weight excluding hydrogens is 396 g/mol. The highest BCUT2D eigenvalue weighted by Gasteiger charge is 2.37. The number of Topliss-reactive ketones (excluding diaryl/α,β-unsaturated/α-hetero) is 2. The molecule has 1 saturated heterocycles. The van der Waals surface area contributed by atoms with Crippen LogP contribution in [0.3, 0.4) is 0 Å². The lowest BCUT2D eigenvalue weighted by Crippen LogP contribution is -2.30. The number of carbonyl (C=O) groups excluding carboxylic acids is 4. The number of nitrogens with one attached hydrogen (secondary N) is 1. The molecule has 1 aromatic heterocycles. The minimum Gasteiger partial charge on any atom is -0.454 e. The van der Waals surface area contributed by atoms with Crippen LogP contribution in [-0.2, 0) is 20.7 Å². The van der Waals surface area contributed by atoms with E-state index in [4.69, 9.17) is 4.74 Å². The second kappa shape index (κ2) is 8.88. The van der Waals surface area contributed by atoms with Gasteiger partial charge in [-0.15, -0.1) is 0 Å². The molecule has 0 spiro atoms. The zero-order valence-electron chi connectivity index (χ0n) is 18.6. The Bertz CT molecular complexity index is 1030. The first kappa shape index (κ1) is 22.5. The maximum Gasteiger partial charge on any atom is 0.312 e. The molecule has 1 aromatic carbocycles. The van der Waals surface area contributed by atoms with Crippen LogP contribution in [0.4, 0.5) is 5.69 Å². The zero-order valence-corrected chi connectivity index (χ0v) is 18.6. The van der Waals surface area contributed by atoms with Crippen molar-refractivity contribution in [2.24, 2.45) is 5.92 Å². The fourth-order valence-electron chi connectivity index (χ4n) is 4.08. The molecule has 1 aliphatic rings. The molecule has 1 N–H and O–H groups in total. The van der Waals surface area contributed by atoms with Gasteiger partial charge in [0.15, 0.2) is 11.9 Å². The van der Waals surface area contributed by atoms with Crippen molar-refractivity contribution in [3.63, 3.8) is 0 Å². The molecule has 1 amide bonds. The highest BCUT2D eigenvalue weighted by molar-refractivity contribution is 6.05. The number of aromatic amines is 1. The van der Waals surface area contributed by atoms with Crippen molar-refractivity contribution in [1.82, 2.24) is 4.98 Å². The van der Waals surface area contributed by atoms with E-state index >= 15 is 0 Å². The van der Waals surface area contributed by atoms with E-state index in [0.717, 1.165) is 12.1 Å². The number of rotatable bonds is 7. The Morgan fingerprint density at radius 3 is 2.39 bits per heavy atom. The highest BCUT2D eigenvalue weighted by atomic mass is 16.5. The first-order chi connectivity index (χ1) is 14.6. The first-order valence-corrected chi connectivity index (χ1v) is 10.5. The number of aromatic nitrogens is 1. The number of hydrogen-bond donors (Lipinski definition) is 1. The van der Waals surface area contributed by atoms with Crippen LogP contribution >= 0.6 is 0 Å². The summed E-state index contributed by atoms with van der Waals surface area (Å²) in [6, 6.07) is 7.68. The van der Waals surface area contributed by atoms with Gasteiger partial charge in [0.1, 0.15) is 0 Å². The summed E-state index contributed by atoms with van der Waals surface area (Å²) >= 11 is 0. The molecule has 2 heterocycles. The van der Waals surface area contributed by atoms with E-state index in [1.54, 1.807) is 18.7 Å². The van der Waals surface area contributed by atoms with Gasteiger partial charge in [0.05, 0.1) is 11.6 Å². The topological polar surface area (TPSA) is 96.5 Å². The lowest BCUT2D eigenvalue weighted by atomic mass is 10.0. The maximum absolute atomic E-state index is 12.8. The number of anilines is 1. The normalized spacial score (nSPS) is 17.0. The monoisotopic (exact) mass is 424 g/mol. The lowest BCUT2D eigenvalue weighted by Gasteiger charge is -2.18. The van der Waals surface area contributed by atoms with Crippen molar-refractivity contribution in [2.75, 3.05) is 11.4 Å². The lowest BCUT2D eigenvalue weighted by molar-refractivity contribution is -0.151. The Balaban J connectivity index is 1.67. The third-order valence-electron chi connectivity index (χ3n) is 5.81. The molecule has 0 radical (unpaired) electrons. The average molecular weight is 424 g/mol. The van der Waals surface area contributed by atoms with Crippen molar-refractivity contribution in [1.29, 1.82) is 0 Å². The molecule has 31 heavy (non-hydrogen) atoms. The summed E-state index contributed by atoms with van der Waals surface area (Å²) < 4.78 is 5.41. The van der Waals surface area contributed by atoms with E-state index in [2.05, 4.69) is 11.9 Å². The Morgan fingerprint density at radius 1 is 1.19 bits per heavy atom. The second-order valence-corrected chi connectivity index (χ2v) is 8.05. The van der Waals surface area contributed by atoms with Crippen LogP contribution in [0, 0.1) is 19.8 Å². The van der Waals surface area contributed by atoms with E-state index in [-0.39, 0.29) is 30.3 Å². The van der Waals surface area contributed by atoms with Gasteiger partial charge in [-0.25, -0.2) is 0 Å². The first-order valence-electron chi connectivity index (χ1n) is 10.5. The number of amides is 1. The van der Waals surface area contributed by atoms with Crippen LogP contribution in [0.15, 0.2) is 24.3 Å². The van der Waals surface area contributed by atoms with E-state index in [1.165, 1.54) is 19.4 Å². The summed E-state index contributed by atoms with van der Waals surface area (Å²) in [6.07, 6.45) is -0.0789. The van der Waals surface area contributed by atoms with Gasteiger partial charge in [0.25, 0.3) is 0 Å². The van der Waals surface area contributed by atoms with Gasteiger partial charge in [0, 0.05) is 29.9 Å². The Morgan fingerprint density at radius 2 is 1.84 bits per heavy atom. The number of hydrogen-bond acceptors (Lipinski definition) is 5. The molecule has 0 aliphatic carbocycles. The van der Waals surface area contributed by atoms with Crippen molar-refractivity contribution in [3.05, 3.63) is 52.3 Å². The molecule has 0 bridgehead atoms. The number of nitrogens with zero attached hydrogens (tertiary/aromatic N) is 1. The predicted molar refractivity (Wildman–Crippen MR) is 116 cm³/mol. The molecular formula is C24H28N2O5. The molecule has 164 valence electrons. The Kier molecular flexibility index (Phi) is 6.43. The van der Waals surface area contributed by atoms with Crippen LogP contribution in [0.2, 0.25) is 0 Å². The molecule has 7 heteroatoms. The standard InChI is InChI=1S/C24H28N2O5/c1-6-17-7-9-19(10-8-17)26-12-18(11-20(26)28)24(30)31-16(5)23(29)22-13(2)21(15(4)27)14(3)25-22/h7-10,16,18,25H,6,11-12H2,1-5H3/t16-,18-/m1/s1. The van der Waals surface area contributed by atoms with Crippen LogP contribution in [-0.4, -0.2) is 41.1 Å². The van der Waals surface area contributed by atoms with E-state index in [1.807, 2.05) is 24.3 Å². The van der Waals surface area contributed by atoms with E-state index in [0.29, 0.717) is 16.8 Å². The quantitative estimate of drug-likeness (QED) is 0.541. The van der Waals surface area contributed by atoms with Gasteiger partial charge in [-0.05, 0) is 57.4 Å². The number of ketones is 2. The summed E-state index contributed by atoms with van der Waals surface area (Å²) in [7, 11) is 0. The fraction of sp³-hybridized carbons (Fsp3) is 0.417. The summed E-state index contributed by atoms with van der Waals surface area (Å²) in [5.41, 5.74) is 3.82. The average Bonchev–Trinajstić information content (AvgIpc) is 3.26. The summed E-state index contributed by atoms with van der Waals surface area (Å²) in [5, 5.41) is 0. The van der Waals surface area contributed by atoms with Crippen LogP contribution in [0.1, 0.15) is 64.9 Å². The molecule has 7 nitrogen and oxygen atoms in total. The molecule has 2 aromatic rings. The molecule has 3 rings (SSSR count). The van der Waals surface area contributed by atoms with E-state index in [9.17, 15) is 19.2 Å². The fourth-order valence-corrected chi connectivity index (χ4v) is 4.08. The van der Waals surface area contributed by atoms with Crippen molar-refractivity contribution in [3.8, 4) is 0 Å². The number of aryl methyl sites for hydroxylation is 2. The van der Waals surface area contributed by atoms with Gasteiger partial charge in [0.2, 0.25) is 11.7 Å². The smallest absolute Gasteiger partial charge is 0.312 e. The van der Waals surface area contributed by atoms with E-state index < -0.39 is 23.8 Å². The van der Waals surface area contributed by atoms with Crippen LogP contribution < -0.4 is 4.90 Å². The number of benzene rings is 1. The molecule has 0 saturated carbocycles. The van der Waals surface area contributed by atoms with Crippen molar-refractivity contribution >= 4 is 29.1 Å². The van der Waals surface area contributed by atoms with Crippen molar-refractivity contribution in [2.45, 2.75) is 53.6 Å². The summed E-state index contributed by atoms with van der Waals surface area (Å²) in [4.78, 5) is 54.3. The SMILES string of the molecule is CCc1ccc(N2C[C@H](C(=O)O[C@H](C)C(=O)c3[nH]c(C)c(C(C)=O)c3C)CC2=O)cc1. The third kappa shape index (κ3) is 4.45. The molecule has 0 unspecified atom stereocenters. The van der Waals surface area contributed by atoms with Crippen LogP contribution in [0.25, 0.3) is 0 Å². The molecule has 2 atom stereocenters. The number of esters is 1. The predicted octanol–water partition coefficient (Wildman–Crippen LogP) is 3.56. The highest BCUT2D eigenvalue weighted by Crippen LogP contribution is 2.27. The van der Waals surface area contributed by atoms with Gasteiger partial charge in [-0.1, -0.05) is 19.1 Å². The minimum atomic E-state index is -1.03. The number of H-pyrrole nitrogens is 1. The molecule has 1 fully saturated rings. The summed E-state index contributed by atoms with van der Waals surface area (Å²) in [6.45, 7) is 8.64. The number of carbonyl (C=O) groups is 4. The maximum atomic E-state index is 12.8. The van der Waals surface area contributed by atoms with Gasteiger partial charge < -0.3 is 14.6 Å². The summed E-state index contributed by atoms with van der Waals surface area (Å²) in [5.74, 6) is -1.89. The Labute approximate surface area is 181 Å². The van der Waals surface area contributed by atoms with Gasteiger partial charge in [-0.3, -0.25) is 19.2 Å². The zero-order chi connectivity index (χ0) is 22.9. The number of ether oxygens (including phenoxy) is 1. The van der Waals surface area contributed by atoms with Gasteiger partial charge >= 0.3 is 5.97 Å². The van der Waals surface area contributed by atoms with Gasteiger partial charge in [-0.2, -0.15) is 0 Å².